The minimum absolute atomic E-state index is 0.0640. The molecule has 0 saturated heterocycles. The minimum atomic E-state index is -0.234. The number of nitrogens with zero attached hydrogens (tertiary/aromatic N) is 1. The Bertz CT molecular complexity index is 384. The third-order valence-corrected chi connectivity index (χ3v) is 4.09. The van der Waals surface area contributed by atoms with Crippen LogP contribution in [0.2, 0.25) is 0 Å². The molecule has 0 aromatic heterocycles. The molecule has 0 radical (unpaired) electrons. The predicted octanol–water partition coefficient (Wildman–Crippen LogP) is 3.71. The smallest absolute Gasteiger partial charge is 0.137 e. The highest BCUT2D eigenvalue weighted by Gasteiger charge is 2.20. The van der Waals surface area contributed by atoms with E-state index in [-0.39, 0.29) is 11.9 Å². The first-order chi connectivity index (χ1) is 8.51. The molecule has 2 atom stereocenters. The molecule has 102 valence electrons. The van der Waals surface area contributed by atoms with Crippen LogP contribution in [0.15, 0.2) is 22.7 Å². The Kier molecular flexibility index (Phi) is 6.26. The third-order valence-electron chi connectivity index (χ3n) is 3.45. The van der Waals surface area contributed by atoms with Gasteiger partial charge in [-0.2, -0.15) is 0 Å². The largest absolute Gasteiger partial charge is 0.329 e. The summed E-state index contributed by atoms with van der Waals surface area (Å²) in [5.74, 6) is -0.234. The zero-order valence-corrected chi connectivity index (χ0v) is 12.9. The summed E-state index contributed by atoms with van der Waals surface area (Å²) in [6.45, 7) is 4.84. The first-order valence-corrected chi connectivity index (χ1v) is 7.17. The number of rotatable bonds is 6. The first kappa shape index (κ1) is 15.6. The standard InChI is InChI=1S/C14H22BrFN2/c1-4-5-10(2)18(3)14(9-17)11-6-7-12(15)13(16)8-11/h6-8,10,14H,4-5,9,17H2,1-3H3. The number of nitrogens with two attached hydrogens (primary N) is 1. The van der Waals surface area contributed by atoms with Crippen molar-refractivity contribution < 1.29 is 4.39 Å². The summed E-state index contributed by atoms with van der Waals surface area (Å²) in [7, 11) is 2.05. The van der Waals surface area contributed by atoms with E-state index >= 15 is 0 Å². The molecule has 2 unspecified atom stereocenters. The summed E-state index contributed by atoms with van der Waals surface area (Å²) in [5.41, 5.74) is 6.79. The molecular formula is C14H22BrFN2. The number of hydrogen-bond donors (Lipinski definition) is 1. The van der Waals surface area contributed by atoms with Crippen LogP contribution in [0, 0.1) is 5.82 Å². The van der Waals surface area contributed by atoms with Crippen LogP contribution >= 0.6 is 15.9 Å². The second-order valence-corrected chi connectivity index (χ2v) is 5.58. The lowest BCUT2D eigenvalue weighted by atomic mass is 10.0. The molecule has 18 heavy (non-hydrogen) atoms. The fraction of sp³-hybridized carbons (Fsp3) is 0.571. The Morgan fingerprint density at radius 3 is 2.61 bits per heavy atom. The van der Waals surface area contributed by atoms with Gasteiger partial charge in [0.25, 0.3) is 0 Å². The topological polar surface area (TPSA) is 29.3 Å². The SMILES string of the molecule is CCCC(C)N(C)C(CN)c1ccc(Br)c(F)c1. The average molecular weight is 317 g/mol. The van der Waals surface area contributed by atoms with Crippen molar-refractivity contribution >= 4 is 15.9 Å². The van der Waals surface area contributed by atoms with Crippen molar-refractivity contribution in [3.8, 4) is 0 Å². The van der Waals surface area contributed by atoms with Gasteiger partial charge in [0.2, 0.25) is 0 Å². The van der Waals surface area contributed by atoms with Gasteiger partial charge in [-0.3, -0.25) is 4.90 Å². The second kappa shape index (κ2) is 7.22. The molecule has 0 spiro atoms. The number of halogens is 2. The Labute approximate surface area is 117 Å². The van der Waals surface area contributed by atoms with Crippen LogP contribution in [0.25, 0.3) is 0 Å². The van der Waals surface area contributed by atoms with Gasteiger partial charge in [-0.25, -0.2) is 4.39 Å². The highest BCUT2D eigenvalue weighted by atomic mass is 79.9. The number of benzene rings is 1. The highest BCUT2D eigenvalue weighted by molar-refractivity contribution is 9.10. The van der Waals surface area contributed by atoms with E-state index in [1.807, 2.05) is 6.07 Å². The normalized spacial score (nSPS) is 14.8. The molecule has 0 heterocycles. The van der Waals surface area contributed by atoms with E-state index in [9.17, 15) is 4.39 Å². The van der Waals surface area contributed by atoms with E-state index in [2.05, 4.69) is 41.7 Å². The van der Waals surface area contributed by atoms with E-state index in [1.54, 1.807) is 12.1 Å². The zero-order valence-electron chi connectivity index (χ0n) is 11.3. The third kappa shape index (κ3) is 3.77. The van der Waals surface area contributed by atoms with Crippen LogP contribution in [0.4, 0.5) is 4.39 Å². The van der Waals surface area contributed by atoms with Gasteiger partial charge in [0.1, 0.15) is 5.82 Å². The Hall–Kier alpha value is -0.450. The van der Waals surface area contributed by atoms with Crippen LogP contribution in [-0.2, 0) is 0 Å². The monoisotopic (exact) mass is 316 g/mol. The maximum Gasteiger partial charge on any atom is 0.137 e. The average Bonchev–Trinajstić information content (AvgIpc) is 2.34. The molecule has 1 rings (SSSR count). The van der Waals surface area contributed by atoms with Crippen molar-refractivity contribution in [3.05, 3.63) is 34.1 Å². The van der Waals surface area contributed by atoms with Crippen LogP contribution in [-0.4, -0.2) is 24.5 Å². The summed E-state index contributed by atoms with van der Waals surface area (Å²) in [5, 5.41) is 0. The van der Waals surface area contributed by atoms with Crippen molar-refractivity contribution in [3.63, 3.8) is 0 Å². The van der Waals surface area contributed by atoms with E-state index in [0.29, 0.717) is 17.1 Å². The maximum absolute atomic E-state index is 13.6. The van der Waals surface area contributed by atoms with Crippen molar-refractivity contribution in [1.82, 2.24) is 4.90 Å². The Morgan fingerprint density at radius 1 is 1.44 bits per heavy atom. The quantitative estimate of drug-likeness (QED) is 0.867. The van der Waals surface area contributed by atoms with Crippen LogP contribution in [0.1, 0.15) is 38.3 Å². The fourth-order valence-corrected chi connectivity index (χ4v) is 2.43. The maximum atomic E-state index is 13.6. The van der Waals surface area contributed by atoms with Gasteiger partial charge in [0.05, 0.1) is 4.47 Å². The number of likely N-dealkylation sites (N-methyl/N-ethyl adjacent to an activating group) is 1. The van der Waals surface area contributed by atoms with Crippen LogP contribution in [0.5, 0.6) is 0 Å². The molecule has 2 N–H and O–H groups in total. The lowest BCUT2D eigenvalue weighted by Crippen LogP contribution is -2.37. The van der Waals surface area contributed by atoms with Crippen molar-refractivity contribution in [2.75, 3.05) is 13.6 Å². The lowest BCUT2D eigenvalue weighted by molar-refractivity contribution is 0.179. The van der Waals surface area contributed by atoms with E-state index in [4.69, 9.17) is 5.73 Å². The summed E-state index contributed by atoms with van der Waals surface area (Å²) in [4.78, 5) is 2.23. The van der Waals surface area contributed by atoms with Crippen molar-refractivity contribution in [2.24, 2.45) is 5.73 Å². The molecule has 1 aromatic carbocycles. The molecule has 4 heteroatoms. The van der Waals surface area contributed by atoms with Crippen molar-refractivity contribution in [1.29, 1.82) is 0 Å². The van der Waals surface area contributed by atoms with Gasteiger partial charge in [0, 0.05) is 18.6 Å². The van der Waals surface area contributed by atoms with E-state index < -0.39 is 0 Å². The molecule has 0 bridgehead atoms. The van der Waals surface area contributed by atoms with E-state index in [0.717, 1.165) is 18.4 Å². The van der Waals surface area contributed by atoms with Gasteiger partial charge in [0.15, 0.2) is 0 Å². The molecule has 0 aliphatic rings. The lowest BCUT2D eigenvalue weighted by Gasteiger charge is -2.32. The second-order valence-electron chi connectivity index (χ2n) is 4.73. The van der Waals surface area contributed by atoms with E-state index in [1.165, 1.54) is 0 Å². The molecule has 0 aliphatic carbocycles. The minimum Gasteiger partial charge on any atom is -0.329 e. The molecule has 0 fully saturated rings. The highest BCUT2D eigenvalue weighted by Crippen LogP contribution is 2.25. The van der Waals surface area contributed by atoms with Crippen LogP contribution < -0.4 is 5.73 Å². The Morgan fingerprint density at radius 2 is 2.11 bits per heavy atom. The summed E-state index contributed by atoms with van der Waals surface area (Å²) in [6, 6.07) is 5.74. The zero-order chi connectivity index (χ0) is 13.7. The molecule has 2 nitrogen and oxygen atoms in total. The van der Waals surface area contributed by atoms with Gasteiger partial charge in [-0.15, -0.1) is 0 Å². The predicted molar refractivity (Wildman–Crippen MR) is 78.0 cm³/mol. The van der Waals surface area contributed by atoms with Gasteiger partial charge in [-0.1, -0.05) is 19.4 Å². The molecular weight excluding hydrogens is 295 g/mol. The first-order valence-electron chi connectivity index (χ1n) is 6.38. The van der Waals surface area contributed by atoms with Crippen LogP contribution in [0.3, 0.4) is 0 Å². The van der Waals surface area contributed by atoms with Gasteiger partial charge in [-0.05, 0) is 54.0 Å². The number of hydrogen-bond acceptors (Lipinski definition) is 2. The Balaban J connectivity index is 2.91. The summed E-state index contributed by atoms with van der Waals surface area (Å²) >= 11 is 3.17. The summed E-state index contributed by atoms with van der Waals surface area (Å²) < 4.78 is 14.1. The summed E-state index contributed by atoms with van der Waals surface area (Å²) in [6.07, 6.45) is 2.25. The van der Waals surface area contributed by atoms with Crippen molar-refractivity contribution in [2.45, 2.75) is 38.8 Å². The molecule has 0 saturated carbocycles. The molecule has 1 aromatic rings. The van der Waals surface area contributed by atoms with Gasteiger partial charge >= 0.3 is 0 Å². The molecule has 0 aliphatic heterocycles. The van der Waals surface area contributed by atoms with Gasteiger partial charge < -0.3 is 5.73 Å². The molecule has 0 amide bonds. The fourth-order valence-electron chi connectivity index (χ4n) is 2.19.